The lowest BCUT2D eigenvalue weighted by molar-refractivity contribution is -0.608. The third-order valence-electron chi connectivity index (χ3n) is 8.19. The van der Waals surface area contributed by atoms with Crippen molar-refractivity contribution in [1.82, 2.24) is 9.13 Å². The molecule has 5 aromatic rings. The van der Waals surface area contributed by atoms with E-state index in [2.05, 4.69) is 155 Å². The van der Waals surface area contributed by atoms with Crippen LogP contribution < -0.4 is 9.13 Å². The molecule has 0 radical (unpaired) electrons. The first-order chi connectivity index (χ1) is 18.5. The summed E-state index contributed by atoms with van der Waals surface area (Å²) in [6, 6.07) is 20.4. The fraction of sp³-hybridized carbons (Fsp3) is 0.371. The molecule has 0 saturated heterocycles. The van der Waals surface area contributed by atoms with Crippen LogP contribution in [-0.2, 0) is 14.1 Å². The van der Waals surface area contributed by atoms with Gasteiger partial charge in [0, 0.05) is 22.8 Å². The first-order valence-electron chi connectivity index (χ1n) is 14.2. The second kappa shape index (κ2) is 10.1. The van der Waals surface area contributed by atoms with Crippen LogP contribution in [-0.4, -0.2) is 9.13 Å². The van der Waals surface area contributed by atoms with Gasteiger partial charge in [-0.1, -0.05) is 96.1 Å². The normalized spacial score (nSPS) is 12.0. The standard InChI is InChI=1S/C35H42N4/c1-22(2)27-17-31(23(3)4)35(32(18-27)24(5)6)28-15-29(38-20-36(9)25(7)26(38)8)19-30(16-28)39-21-37(10)33-13-11-12-14-34(33)39/h11-19,22-24H,1-10H3. The largest absolute Gasteiger partial charge is 0.324 e. The van der Waals surface area contributed by atoms with Crippen molar-refractivity contribution in [3.05, 3.63) is 95.3 Å². The van der Waals surface area contributed by atoms with Gasteiger partial charge in [0.05, 0.1) is 25.1 Å². The molecule has 39 heavy (non-hydrogen) atoms. The summed E-state index contributed by atoms with van der Waals surface area (Å²) >= 11 is 0. The number of hydrogen-bond acceptors (Lipinski definition) is 0. The molecule has 0 spiro atoms. The maximum atomic E-state index is 3.56. The van der Waals surface area contributed by atoms with Gasteiger partial charge in [0.15, 0.2) is 0 Å². The van der Waals surface area contributed by atoms with Gasteiger partial charge >= 0.3 is 0 Å². The average Bonchev–Trinajstić information content (AvgIpc) is 3.38. The highest BCUT2D eigenvalue weighted by Crippen LogP contribution is 2.39. The highest BCUT2D eigenvalue weighted by Gasteiger charge is 2.21. The molecule has 4 nitrogen and oxygen atoms in total. The zero-order valence-corrected chi connectivity index (χ0v) is 25.2. The minimum atomic E-state index is 0.403. The Bertz CT molecular complexity index is 1650. The molecule has 5 rings (SSSR count). The number of rotatable bonds is 6. The van der Waals surface area contributed by atoms with E-state index in [1.165, 1.54) is 39.2 Å². The van der Waals surface area contributed by atoms with Crippen molar-refractivity contribution in [2.24, 2.45) is 14.1 Å². The minimum absolute atomic E-state index is 0.403. The Labute approximate surface area is 234 Å². The third-order valence-corrected chi connectivity index (χ3v) is 8.19. The molecule has 4 heteroatoms. The Morgan fingerprint density at radius 1 is 0.667 bits per heavy atom. The van der Waals surface area contributed by atoms with Crippen molar-refractivity contribution in [2.45, 2.75) is 73.1 Å². The van der Waals surface area contributed by atoms with E-state index < -0.39 is 0 Å². The molecule has 0 unspecified atom stereocenters. The monoisotopic (exact) mass is 518 g/mol. The predicted molar refractivity (Wildman–Crippen MR) is 160 cm³/mol. The number of aromatic nitrogens is 4. The molecule has 0 N–H and O–H groups in total. The van der Waals surface area contributed by atoms with E-state index in [1.54, 1.807) is 0 Å². The van der Waals surface area contributed by atoms with Crippen LogP contribution in [0.4, 0.5) is 0 Å². The first kappa shape index (κ1) is 26.9. The lowest BCUT2D eigenvalue weighted by Crippen LogP contribution is -2.35. The maximum Gasteiger partial charge on any atom is 0.244 e. The maximum absolute atomic E-state index is 3.56. The van der Waals surface area contributed by atoms with Crippen molar-refractivity contribution in [2.75, 3.05) is 0 Å². The Balaban J connectivity index is 1.88. The van der Waals surface area contributed by atoms with Crippen LogP contribution in [0.25, 0.3) is 33.5 Å². The van der Waals surface area contributed by atoms with Crippen molar-refractivity contribution < 1.29 is 9.13 Å². The predicted octanol–water partition coefficient (Wildman–Crippen LogP) is 7.32. The highest BCUT2D eigenvalue weighted by atomic mass is 15.1. The summed E-state index contributed by atoms with van der Waals surface area (Å²) in [7, 11) is 4.13. The number of nitrogens with zero attached hydrogens (tertiary/aromatic N) is 4. The molecule has 0 bridgehead atoms. The van der Waals surface area contributed by atoms with Gasteiger partial charge in [-0.2, -0.15) is 0 Å². The Morgan fingerprint density at radius 3 is 1.77 bits per heavy atom. The zero-order valence-electron chi connectivity index (χ0n) is 25.2. The van der Waals surface area contributed by atoms with Crippen LogP contribution in [0.3, 0.4) is 0 Å². The average molecular weight is 519 g/mol. The summed E-state index contributed by atoms with van der Waals surface area (Å²) in [5.41, 5.74) is 13.7. The summed E-state index contributed by atoms with van der Waals surface area (Å²) in [6.45, 7) is 18.2. The van der Waals surface area contributed by atoms with Crippen LogP contribution in [0.5, 0.6) is 0 Å². The number of imidazole rings is 2. The number of fused-ring (bicyclic) bond motifs is 1. The molecule has 0 aliphatic heterocycles. The fourth-order valence-electron chi connectivity index (χ4n) is 5.63. The highest BCUT2D eigenvalue weighted by molar-refractivity contribution is 5.77. The van der Waals surface area contributed by atoms with Gasteiger partial charge in [-0.3, -0.25) is 0 Å². The second-order valence-electron chi connectivity index (χ2n) is 11.9. The van der Waals surface area contributed by atoms with E-state index >= 15 is 0 Å². The summed E-state index contributed by atoms with van der Waals surface area (Å²) in [4.78, 5) is 0. The first-order valence-corrected chi connectivity index (χ1v) is 14.2. The molecular formula is C35H42N4. The van der Waals surface area contributed by atoms with Gasteiger partial charge in [0.2, 0.25) is 12.7 Å². The Kier molecular flexibility index (Phi) is 7.00. The zero-order chi connectivity index (χ0) is 28.2. The molecule has 0 atom stereocenters. The molecule has 0 fully saturated rings. The number of benzene rings is 3. The van der Waals surface area contributed by atoms with E-state index in [4.69, 9.17) is 0 Å². The number of aryl methyl sites for hydroxylation is 2. The molecule has 2 heterocycles. The molecule has 0 saturated carbocycles. The second-order valence-corrected chi connectivity index (χ2v) is 11.9. The van der Waals surface area contributed by atoms with Gasteiger partial charge in [0.1, 0.15) is 0 Å². The van der Waals surface area contributed by atoms with Crippen molar-refractivity contribution >= 4 is 11.0 Å². The Hall–Kier alpha value is -3.66. The molecule has 0 aliphatic carbocycles. The molecule has 0 amide bonds. The lowest BCUT2D eigenvalue weighted by atomic mass is 9.81. The van der Waals surface area contributed by atoms with Crippen LogP contribution in [0.2, 0.25) is 0 Å². The molecule has 3 aromatic carbocycles. The lowest BCUT2D eigenvalue weighted by Gasteiger charge is -2.24. The van der Waals surface area contributed by atoms with E-state index in [1.807, 2.05) is 0 Å². The topological polar surface area (TPSA) is 17.6 Å². The van der Waals surface area contributed by atoms with E-state index in [0.29, 0.717) is 17.8 Å². The molecule has 2 aromatic heterocycles. The summed E-state index contributed by atoms with van der Waals surface area (Å²) in [5.74, 6) is 1.29. The van der Waals surface area contributed by atoms with Crippen molar-refractivity contribution in [3.8, 4) is 22.5 Å². The van der Waals surface area contributed by atoms with Gasteiger partial charge in [-0.05, 0) is 59.4 Å². The van der Waals surface area contributed by atoms with E-state index in [-0.39, 0.29) is 0 Å². The number of para-hydroxylation sites is 2. The SMILES string of the molecule is Cc1c(C)[n+](-c2cc(-c3c(C(C)C)cc(C(C)C)cc3C(C)C)cc(-[n+]3[c-]n(C)c4ccccc43)c2)[c-]n1C. The smallest absolute Gasteiger partial charge is 0.244 e. The van der Waals surface area contributed by atoms with Crippen molar-refractivity contribution in [3.63, 3.8) is 0 Å². The van der Waals surface area contributed by atoms with E-state index in [0.717, 1.165) is 22.4 Å². The van der Waals surface area contributed by atoms with Crippen LogP contribution in [0.1, 0.15) is 87.4 Å². The molecule has 0 aliphatic rings. The van der Waals surface area contributed by atoms with Gasteiger partial charge < -0.3 is 18.3 Å². The quantitative estimate of drug-likeness (QED) is 0.165. The van der Waals surface area contributed by atoms with E-state index in [9.17, 15) is 0 Å². The summed E-state index contributed by atoms with van der Waals surface area (Å²) in [6.07, 6.45) is 7.10. The summed E-state index contributed by atoms with van der Waals surface area (Å²) in [5, 5.41) is 0. The Morgan fingerprint density at radius 2 is 1.23 bits per heavy atom. The molecule has 202 valence electrons. The summed E-state index contributed by atoms with van der Waals surface area (Å²) < 4.78 is 8.55. The minimum Gasteiger partial charge on any atom is -0.324 e. The fourth-order valence-corrected chi connectivity index (χ4v) is 5.63. The van der Waals surface area contributed by atoms with Gasteiger partial charge in [-0.25, -0.2) is 0 Å². The number of hydrogen-bond donors (Lipinski definition) is 0. The van der Waals surface area contributed by atoms with Crippen LogP contribution in [0.15, 0.2) is 54.6 Å². The van der Waals surface area contributed by atoms with Gasteiger partial charge in [0.25, 0.3) is 0 Å². The van der Waals surface area contributed by atoms with Gasteiger partial charge in [-0.15, -0.1) is 0 Å². The van der Waals surface area contributed by atoms with Crippen molar-refractivity contribution in [1.29, 1.82) is 0 Å². The molecular weight excluding hydrogens is 476 g/mol. The van der Waals surface area contributed by atoms with Crippen LogP contribution in [0, 0.1) is 26.5 Å². The van der Waals surface area contributed by atoms with Crippen LogP contribution >= 0.6 is 0 Å². The third kappa shape index (κ3) is 4.71.